The van der Waals surface area contributed by atoms with Crippen LogP contribution in [0.4, 0.5) is 0 Å². The van der Waals surface area contributed by atoms with Gasteiger partial charge in [-0.2, -0.15) is 0 Å². The van der Waals surface area contributed by atoms with Crippen LogP contribution >= 0.6 is 0 Å². The number of hydrogen-bond donors (Lipinski definition) is 1. The topological polar surface area (TPSA) is 21.3 Å². The third kappa shape index (κ3) is 2.49. The van der Waals surface area contributed by atoms with E-state index in [4.69, 9.17) is 4.74 Å². The van der Waals surface area contributed by atoms with E-state index in [9.17, 15) is 0 Å². The Bertz CT molecular complexity index is 496. The van der Waals surface area contributed by atoms with Crippen LogP contribution in [0.1, 0.15) is 38.3 Å². The molecule has 1 N–H and O–H groups in total. The minimum atomic E-state index is 0.323. The van der Waals surface area contributed by atoms with Crippen LogP contribution in [0.5, 0.6) is 5.75 Å². The molecule has 1 saturated carbocycles. The Morgan fingerprint density at radius 1 is 1.15 bits per heavy atom. The third-order valence-electron chi connectivity index (χ3n) is 5.09. The average Bonchev–Trinajstić information content (AvgIpc) is 3.09. The highest BCUT2D eigenvalue weighted by Gasteiger charge is 2.38. The molecule has 2 nitrogen and oxygen atoms in total. The normalized spacial score (nSPS) is 30.4. The summed E-state index contributed by atoms with van der Waals surface area (Å²) in [4.78, 5) is 0. The molecule has 0 aliphatic heterocycles. The highest BCUT2D eigenvalue weighted by atomic mass is 16.5. The zero-order chi connectivity index (χ0) is 14.1. The van der Waals surface area contributed by atoms with Gasteiger partial charge in [-0.1, -0.05) is 30.4 Å². The van der Waals surface area contributed by atoms with Gasteiger partial charge in [0.15, 0.2) is 0 Å². The van der Waals surface area contributed by atoms with E-state index in [1.807, 2.05) is 12.1 Å². The summed E-state index contributed by atoms with van der Waals surface area (Å²) in [5.74, 6) is 3.41. The van der Waals surface area contributed by atoms with Crippen molar-refractivity contribution in [3.05, 3.63) is 42.0 Å². The lowest BCUT2D eigenvalue weighted by atomic mass is 9.87. The summed E-state index contributed by atoms with van der Waals surface area (Å²) in [6.45, 7) is 4.57. The summed E-state index contributed by atoms with van der Waals surface area (Å²) >= 11 is 0. The van der Waals surface area contributed by atoms with Crippen LogP contribution in [0.25, 0.3) is 0 Å². The highest BCUT2D eigenvalue weighted by Crippen LogP contribution is 2.45. The molecular weight excluding hydrogens is 246 g/mol. The van der Waals surface area contributed by atoms with Gasteiger partial charge in [0.25, 0.3) is 0 Å². The predicted molar refractivity (Wildman–Crippen MR) is 82.9 cm³/mol. The van der Waals surface area contributed by atoms with E-state index in [0.29, 0.717) is 12.1 Å². The van der Waals surface area contributed by atoms with Crippen molar-refractivity contribution < 1.29 is 4.74 Å². The Kier molecular flexibility index (Phi) is 3.84. The Hall–Kier alpha value is -1.28. The minimum absolute atomic E-state index is 0.323. The highest BCUT2D eigenvalue weighted by molar-refractivity contribution is 5.35. The molecule has 3 rings (SSSR count). The second-order valence-corrected chi connectivity index (χ2v) is 6.36. The van der Waals surface area contributed by atoms with Crippen molar-refractivity contribution in [2.45, 2.75) is 38.8 Å². The predicted octanol–water partition coefficient (Wildman–Crippen LogP) is 3.95. The molecule has 2 aliphatic rings. The van der Waals surface area contributed by atoms with Gasteiger partial charge >= 0.3 is 0 Å². The lowest BCUT2D eigenvalue weighted by molar-refractivity contribution is 0.303. The SMILES string of the molecule is COc1ccccc1[C@H](C)NC(C)C1CC2C=CC1C2. The summed E-state index contributed by atoms with van der Waals surface area (Å²) in [5.41, 5.74) is 1.25. The number of allylic oxidation sites excluding steroid dienone is 2. The molecular formula is C18H25NO. The monoisotopic (exact) mass is 271 g/mol. The smallest absolute Gasteiger partial charge is 0.123 e. The first-order valence-corrected chi connectivity index (χ1v) is 7.76. The number of methoxy groups -OCH3 is 1. The van der Waals surface area contributed by atoms with Crippen LogP contribution < -0.4 is 10.1 Å². The molecule has 0 radical (unpaired) electrons. The zero-order valence-corrected chi connectivity index (χ0v) is 12.7. The van der Waals surface area contributed by atoms with E-state index in [-0.39, 0.29) is 0 Å². The lowest BCUT2D eigenvalue weighted by Crippen LogP contribution is -2.37. The maximum Gasteiger partial charge on any atom is 0.123 e. The van der Waals surface area contributed by atoms with Gasteiger partial charge in [-0.3, -0.25) is 0 Å². The van der Waals surface area contributed by atoms with E-state index < -0.39 is 0 Å². The summed E-state index contributed by atoms with van der Waals surface area (Å²) < 4.78 is 5.47. The Labute approximate surface area is 122 Å². The largest absolute Gasteiger partial charge is 0.496 e. The van der Waals surface area contributed by atoms with E-state index in [1.54, 1.807) is 7.11 Å². The van der Waals surface area contributed by atoms with Crippen molar-refractivity contribution in [1.29, 1.82) is 0 Å². The second-order valence-electron chi connectivity index (χ2n) is 6.36. The van der Waals surface area contributed by atoms with Gasteiger partial charge in [0.2, 0.25) is 0 Å². The van der Waals surface area contributed by atoms with E-state index >= 15 is 0 Å². The van der Waals surface area contributed by atoms with E-state index in [0.717, 1.165) is 23.5 Å². The van der Waals surface area contributed by atoms with Gasteiger partial charge in [-0.25, -0.2) is 0 Å². The fraction of sp³-hybridized carbons (Fsp3) is 0.556. The van der Waals surface area contributed by atoms with Gasteiger partial charge in [-0.15, -0.1) is 0 Å². The van der Waals surface area contributed by atoms with Crippen molar-refractivity contribution in [3.8, 4) is 5.75 Å². The number of benzene rings is 1. The molecule has 0 saturated heterocycles. The number of nitrogens with one attached hydrogen (secondary N) is 1. The maximum absolute atomic E-state index is 5.47. The molecule has 1 aromatic rings. The molecule has 1 aromatic carbocycles. The molecule has 5 atom stereocenters. The van der Waals surface area contributed by atoms with Crippen LogP contribution in [0.2, 0.25) is 0 Å². The second kappa shape index (κ2) is 5.61. The van der Waals surface area contributed by atoms with E-state index in [2.05, 4.69) is 43.4 Å². The molecule has 2 aliphatic carbocycles. The summed E-state index contributed by atoms with van der Waals surface area (Å²) in [6, 6.07) is 9.18. The molecule has 2 bridgehead atoms. The van der Waals surface area contributed by atoms with Crippen molar-refractivity contribution in [3.63, 3.8) is 0 Å². The molecule has 0 spiro atoms. The first kappa shape index (κ1) is 13.7. The molecule has 4 unspecified atom stereocenters. The van der Waals surface area contributed by atoms with Crippen LogP contribution in [0.15, 0.2) is 36.4 Å². The van der Waals surface area contributed by atoms with Crippen molar-refractivity contribution in [1.82, 2.24) is 5.32 Å². The summed E-state index contributed by atoms with van der Waals surface area (Å²) in [5, 5.41) is 3.78. The molecule has 20 heavy (non-hydrogen) atoms. The Morgan fingerprint density at radius 3 is 2.60 bits per heavy atom. The van der Waals surface area contributed by atoms with E-state index in [1.165, 1.54) is 18.4 Å². The number of rotatable bonds is 5. The maximum atomic E-state index is 5.47. The fourth-order valence-corrected chi connectivity index (χ4v) is 4.03. The number of ether oxygens (including phenoxy) is 1. The molecule has 0 heterocycles. The zero-order valence-electron chi connectivity index (χ0n) is 12.7. The van der Waals surface area contributed by atoms with Gasteiger partial charge in [0, 0.05) is 17.6 Å². The van der Waals surface area contributed by atoms with Crippen molar-refractivity contribution in [2.75, 3.05) is 7.11 Å². The molecule has 2 heteroatoms. The summed E-state index contributed by atoms with van der Waals surface area (Å²) in [7, 11) is 1.75. The van der Waals surface area contributed by atoms with Gasteiger partial charge < -0.3 is 10.1 Å². The van der Waals surface area contributed by atoms with Crippen LogP contribution in [-0.4, -0.2) is 13.2 Å². The number of para-hydroxylation sites is 1. The fourth-order valence-electron chi connectivity index (χ4n) is 4.03. The minimum Gasteiger partial charge on any atom is -0.496 e. The molecule has 1 fully saturated rings. The van der Waals surface area contributed by atoms with Crippen molar-refractivity contribution >= 4 is 0 Å². The number of hydrogen-bond acceptors (Lipinski definition) is 2. The molecule has 0 amide bonds. The lowest BCUT2D eigenvalue weighted by Gasteiger charge is -2.29. The summed E-state index contributed by atoms with van der Waals surface area (Å²) in [6.07, 6.45) is 7.58. The van der Waals surface area contributed by atoms with Crippen LogP contribution in [0.3, 0.4) is 0 Å². The van der Waals surface area contributed by atoms with Crippen LogP contribution in [-0.2, 0) is 0 Å². The first-order valence-electron chi connectivity index (χ1n) is 7.76. The van der Waals surface area contributed by atoms with Gasteiger partial charge in [-0.05, 0) is 50.5 Å². The van der Waals surface area contributed by atoms with Gasteiger partial charge in [0.05, 0.1) is 7.11 Å². The van der Waals surface area contributed by atoms with Gasteiger partial charge in [0.1, 0.15) is 5.75 Å². The van der Waals surface area contributed by atoms with Crippen molar-refractivity contribution in [2.24, 2.45) is 17.8 Å². The molecule has 108 valence electrons. The van der Waals surface area contributed by atoms with Crippen LogP contribution in [0, 0.1) is 17.8 Å². The first-order chi connectivity index (χ1) is 9.69. The quantitative estimate of drug-likeness (QED) is 0.819. The third-order valence-corrected chi connectivity index (χ3v) is 5.09. The standard InChI is InChI=1S/C18H25NO/c1-12(16-6-4-5-7-18(16)20-3)19-13(2)17-11-14-8-9-15(17)10-14/h4-9,12-15,17,19H,10-11H2,1-3H3/t12-,13?,14?,15?,17?/m0/s1. The average molecular weight is 271 g/mol. The molecule has 0 aromatic heterocycles. The Balaban J connectivity index is 1.66. The Morgan fingerprint density at radius 2 is 1.95 bits per heavy atom. The number of fused-ring (bicyclic) bond motifs is 2.